The highest BCUT2D eigenvalue weighted by Crippen LogP contribution is 2.07. The molecule has 2 N–H and O–H groups in total. The van der Waals surface area contributed by atoms with Gasteiger partial charge in [0.05, 0.1) is 0 Å². The molecule has 0 aromatic rings. The van der Waals surface area contributed by atoms with Crippen LogP contribution < -0.4 is 10.6 Å². The molecule has 0 bridgehead atoms. The normalized spacial score (nSPS) is 13.2. The monoisotopic (exact) mass is 341 g/mol. The maximum Gasteiger partial charge on any atom is 0.191 e. The molecule has 0 heterocycles. The second-order valence-electron chi connectivity index (χ2n) is 4.47. The van der Waals surface area contributed by atoms with Crippen LogP contribution in [0.25, 0.3) is 0 Å². The van der Waals surface area contributed by atoms with Gasteiger partial charge in [-0.2, -0.15) is 0 Å². The van der Waals surface area contributed by atoms with E-state index < -0.39 is 0 Å². The van der Waals surface area contributed by atoms with Gasteiger partial charge in [-0.3, -0.25) is 4.99 Å². The zero-order chi connectivity index (χ0) is 11.7. The zero-order valence-corrected chi connectivity index (χ0v) is 13.7. The van der Waals surface area contributed by atoms with Crippen molar-refractivity contribution < 1.29 is 0 Å². The number of nitrogens with one attached hydrogen (secondary N) is 2. The Morgan fingerprint density at radius 1 is 1.19 bits per heavy atom. The summed E-state index contributed by atoms with van der Waals surface area (Å²) >= 11 is 0. The molecule has 0 aliphatic rings. The molecule has 0 aliphatic carbocycles. The molecule has 16 heavy (non-hydrogen) atoms. The summed E-state index contributed by atoms with van der Waals surface area (Å²) in [4.78, 5) is 4.16. The maximum absolute atomic E-state index is 4.16. The van der Waals surface area contributed by atoms with E-state index in [1.807, 2.05) is 7.05 Å². The van der Waals surface area contributed by atoms with E-state index in [9.17, 15) is 0 Å². The van der Waals surface area contributed by atoms with Gasteiger partial charge in [-0.1, -0.05) is 26.7 Å². The van der Waals surface area contributed by atoms with E-state index in [4.69, 9.17) is 0 Å². The SMILES string of the molecule is CCNC(=NC)NC(C)CCCC(C)C.I. The van der Waals surface area contributed by atoms with E-state index in [0.717, 1.165) is 18.4 Å². The molecule has 1 unspecified atom stereocenters. The lowest BCUT2D eigenvalue weighted by Crippen LogP contribution is -2.42. The molecule has 0 saturated heterocycles. The van der Waals surface area contributed by atoms with Gasteiger partial charge in [-0.15, -0.1) is 24.0 Å². The first-order valence-corrected chi connectivity index (χ1v) is 6.07. The Labute approximate surface area is 118 Å². The van der Waals surface area contributed by atoms with Gasteiger partial charge < -0.3 is 10.6 Å². The summed E-state index contributed by atoms with van der Waals surface area (Å²) in [5.74, 6) is 1.72. The molecular weight excluding hydrogens is 313 g/mol. The average Bonchev–Trinajstić information content (AvgIpc) is 2.16. The Kier molecular flexibility index (Phi) is 13.2. The van der Waals surface area contributed by atoms with Gasteiger partial charge in [0, 0.05) is 19.6 Å². The van der Waals surface area contributed by atoms with Crippen molar-refractivity contribution in [2.75, 3.05) is 13.6 Å². The Hall–Kier alpha value is 0. The summed E-state index contributed by atoms with van der Waals surface area (Å²) in [7, 11) is 1.81. The summed E-state index contributed by atoms with van der Waals surface area (Å²) in [6.45, 7) is 9.75. The van der Waals surface area contributed by atoms with Crippen molar-refractivity contribution in [1.82, 2.24) is 10.6 Å². The molecule has 0 aromatic carbocycles. The van der Waals surface area contributed by atoms with E-state index in [2.05, 4.69) is 43.3 Å². The predicted molar refractivity (Wildman–Crippen MR) is 83.7 cm³/mol. The van der Waals surface area contributed by atoms with Crippen molar-refractivity contribution in [2.24, 2.45) is 10.9 Å². The lowest BCUT2D eigenvalue weighted by atomic mass is 10.0. The van der Waals surface area contributed by atoms with Gasteiger partial charge in [0.15, 0.2) is 5.96 Å². The highest BCUT2D eigenvalue weighted by Gasteiger charge is 2.04. The first kappa shape index (κ1) is 18.4. The number of halogens is 1. The topological polar surface area (TPSA) is 36.4 Å². The van der Waals surface area contributed by atoms with Gasteiger partial charge in [-0.25, -0.2) is 0 Å². The highest BCUT2D eigenvalue weighted by atomic mass is 127. The maximum atomic E-state index is 4.16. The summed E-state index contributed by atoms with van der Waals surface area (Å²) in [6.07, 6.45) is 3.81. The Morgan fingerprint density at radius 2 is 1.81 bits per heavy atom. The first-order valence-electron chi connectivity index (χ1n) is 6.07. The predicted octanol–water partition coefficient (Wildman–Crippen LogP) is 3.00. The Bertz CT molecular complexity index is 181. The molecule has 0 aromatic heterocycles. The van der Waals surface area contributed by atoms with Crippen LogP contribution in [0.15, 0.2) is 4.99 Å². The van der Waals surface area contributed by atoms with Gasteiger partial charge in [0.2, 0.25) is 0 Å². The van der Waals surface area contributed by atoms with Crippen molar-refractivity contribution in [3.8, 4) is 0 Å². The van der Waals surface area contributed by atoms with Crippen LogP contribution in [0.1, 0.15) is 47.0 Å². The third-order valence-electron chi connectivity index (χ3n) is 2.37. The van der Waals surface area contributed by atoms with E-state index >= 15 is 0 Å². The van der Waals surface area contributed by atoms with Crippen LogP contribution in [-0.4, -0.2) is 25.6 Å². The minimum absolute atomic E-state index is 0. The number of hydrogen-bond donors (Lipinski definition) is 2. The van der Waals surface area contributed by atoms with Gasteiger partial charge in [0.1, 0.15) is 0 Å². The van der Waals surface area contributed by atoms with Crippen molar-refractivity contribution in [3.05, 3.63) is 0 Å². The molecule has 0 radical (unpaired) electrons. The number of aliphatic imine (C=N–C) groups is 1. The summed E-state index contributed by atoms with van der Waals surface area (Å²) < 4.78 is 0. The Morgan fingerprint density at radius 3 is 2.25 bits per heavy atom. The number of nitrogens with zero attached hydrogens (tertiary/aromatic N) is 1. The number of guanidine groups is 1. The fraction of sp³-hybridized carbons (Fsp3) is 0.917. The lowest BCUT2D eigenvalue weighted by molar-refractivity contribution is 0.492. The highest BCUT2D eigenvalue weighted by molar-refractivity contribution is 14.0. The largest absolute Gasteiger partial charge is 0.357 e. The van der Waals surface area contributed by atoms with E-state index in [0.29, 0.717) is 6.04 Å². The van der Waals surface area contributed by atoms with Crippen molar-refractivity contribution >= 4 is 29.9 Å². The van der Waals surface area contributed by atoms with Crippen LogP contribution >= 0.6 is 24.0 Å². The first-order chi connectivity index (χ1) is 7.10. The molecule has 98 valence electrons. The third kappa shape index (κ3) is 10.5. The van der Waals surface area contributed by atoms with Gasteiger partial charge >= 0.3 is 0 Å². The molecule has 3 nitrogen and oxygen atoms in total. The average molecular weight is 341 g/mol. The summed E-state index contributed by atoms with van der Waals surface area (Å²) in [5, 5.41) is 6.58. The molecule has 0 aliphatic heterocycles. The molecule has 0 saturated carbocycles. The van der Waals surface area contributed by atoms with Crippen LogP contribution in [-0.2, 0) is 0 Å². The van der Waals surface area contributed by atoms with E-state index in [1.54, 1.807) is 0 Å². The minimum atomic E-state index is 0. The third-order valence-corrected chi connectivity index (χ3v) is 2.37. The molecule has 0 rings (SSSR count). The van der Waals surface area contributed by atoms with Gasteiger partial charge in [0.25, 0.3) is 0 Å². The van der Waals surface area contributed by atoms with Crippen LogP contribution in [0.5, 0.6) is 0 Å². The smallest absolute Gasteiger partial charge is 0.191 e. The Balaban J connectivity index is 0. The van der Waals surface area contributed by atoms with Crippen LogP contribution in [0, 0.1) is 5.92 Å². The summed E-state index contributed by atoms with van der Waals surface area (Å²) in [6, 6.07) is 0.501. The zero-order valence-electron chi connectivity index (χ0n) is 11.3. The molecule has 0 spiro atoms. The quantitative estimate of drug-likeness (QED) is 0.443. The fourth-order valence-electron chi connectivity index (χ4n) is 1.50. The molecule has 0 amide bonds. The number of hydrogen-bond acceptors (Lipinski definition) is 1. The van der Waals surface area contributed by atoms with E-state index in [1.165, 1.54) is 19.3 Å². The molecule has 1 atom stereocenters. The van der Waals surface area contributed by atoms with Crippen molar-refractivity contribution in [3.63, 3.8) is 0 Å². The standard InChI is InChI=1S/C12H27N3.HI/c1-6-14-12(13-5)15-11(4)9-7-8-10(2)3;/h10-11H,6-9H2,1-5H3,(H2,13,14,15);1H. The van der Waals surface area contributed by atoms with Crippen LogP contribution in [0.2, 0.25) is 0 Å². The molecule has 4 heteroatoms. The summed E-state index contributed by atoms with van der Waals surface area (Å²) in [5.41, 5.74) is 0. The lowest BCUT2D eigenvalue weighted by Gasteiger charge is -2.17. The van der Waals surface area contributed by atoms with Crippen molar-refractivity contribution in [1.29, 1.82) is 0 Å². The molecule has 0 fully saturated rings. The van der Waals surface area contributed by atoms with Gasteiger partial charge in [-0.05, 0) is 26.2 Å². The fourth-order valence-corrected chi connectivity index (χ4v) is 1.50. The van der Waals surface area contributed by atoms with Crippen LogP contribution in [0.3, 0.4) is 0 Å². The minimum Gasteiger partial charge on any atom is -0.357 e. The van der Waals surface area contributed by atoms with Crippen molar-refractivity contribution in [2.45, 2.75) is 53.0 Å². The van der Waals surface area contributed by atoms with Crippen LogP contribution in [0.4, 0.5) is 0 Å². The second-order valence-corrected chi connectivity index (χ2v) is 4.47. The second kappa shape index (κ2) is 11.5. The number of rotatable bonds is 6. The molecular formula is C12H28IN3. The van der Waals surface area contributed by atoms with E-state index in [-0.39, 0.29) is 24.0 Å².